The number of carbonyl (C=O) groups excluding carboxylic acids is 1. The van der Waals surface area contributed by atoms with Crippen LogP contribution in [-0.2, 0) is 16.0 Å². The summed E-state index contributed by atoms with van der Waals surface area (Å²) < 4.78 is 14.9. The molecule has 0 radical (unpaired) electrons. The number of rotatable bonds is 9. The van der Waals surface area contributed by atoms with E-state index in [0.29, 0.717) is 30.7 Å². The highest BCUT2D eigenvalue weighted by Gasteiger charge is 2.23. The maximum Gasteiger partial charge on any atom is 0.232 e. The number of hydrogen-bond donors (Lipinski definition) is 0. The third kappa shape index (κ3) is 5.15. The Morgan fingerprint density at radius 3 is 2.67 bits per heavy atom. The Bertz CT molecular complexity index is 1120. The summed E-state index contributed by atoms with van der Waals surface area (Å²) in [5, 5.41) is 9.68. The van der Waals surface area contributed by atoms with Crippen molar-refractivity contribution in [1.29, 1.82) is 0 Å². The van der Waals surface area contributed by atoms with Crippen LogP contribution in [0.2, 0.25) is 0 Å². The van der Waals surface area contributed by atoms with Crippen molar-refractivity contribution >= 4 is 23.5 Å². The third-order valence-electron chi connectivity index (χ3n) is 5.90. The molecule has 3 aromatic rings. The fourth-order valence-electron chi connectivity index (χ4n) is 4.13. The molecule has 1 saturated heterocycles. The standard InChI is InChI=1S/C24H31N5O3S/c1-17-6-5-7-20(14-17)29-23(27-8-12-32-13-9-27)25-26-24(29)33-16-22(30)21-15-18(2)28(19(21)3)10-11-31-4/h5-7,14-15H,8-13,16H2,1-4H3. The normalized spacial score (nSPS) is 14.1. The molecule has 3 heterocycles. The number of ether oxygens (including phenoxy) is 2. The van der Waals surface area contributed by atoms with Crippen molar-refractivity contribution < 1.29 is 14.3 Å². The summed E-state index contributed by atoms with van der Waals surface area (Å²) in [6, 6.07) is 10.2. The van der Waals surface area contributed by atoms with Crippen molar-refractivity contribution in [3.63, 3.8) is 0 Å². The van der Waals surface area contributed by atoms with E-state index >= 15 is 0 Å². The van der Waals surface area contributed by atoms with E-state index in [4.69, 9.17) is 9.47 Å². The minimum absolute atomic E-state index is 0.0866. The fourth-order valence-corrected chi connectivity index (χ4v) is 4.97. The lowest BCUT2D eigenvalue weighted by Gasteiger charge is -2.28. The molecule has 9 heteroatoms. The number of hydrogen-bond acceptors (Lipinski definition) is 7. The first kappa shape index (κ1) is 23.5. The zero-order valence-corrected chi connectivity index (χ0v) is 20.5. The summed E-state index contributed by atoms with van der Waals surface area (Å²) in [5.74, 6) is 1.17. The van der Waals surface area contributed by atoms with E-state index in [0.717, 1.165) is 53.8 Å². The molecule has 1 aliphatic rings. The molecule has 0 amide bonds. The molecule has 0 atom stereocenters. The summed E-state index contributed by atoms with van der Waals surface area (Å²) >= 11 is 1.43. The summed E-state index contributed by atoms with van der Waals surface area (Å²) in [7, 11) is 1.69. The summed E-state index contributed by atoms with van der Waals surface area (Å²) in [5.41, 5.74) is 4.95. The number of ketones is 1. The van der Waals surface area contributed by atoms with E-state index in [9.17, 15) is 4.79 Å². The molecule has 0 spiro atoms. The second-order valence-electron chi connectivity index (χ2n) is 8.20. The van der Waals surface area contributed by atoms with Gasteiger partial charge in [0.15, 0.2) is 10.9 Å². The molecule has 0 saturated carbocycles. The second-order valence-corrected chi connectivity index (χ2v) is 9.14. The Morgan fingerprint density at radius 2 is 1.94 bits per heavy atom. The number of methoxy groups -OCH3 is 1. The lowest BCUT2D eigenvalue weighted by Crippen LogP contribution is -2.37. The van der Waals surface area contributed by atoms with Crippen molar-refractivity contribution in [2.45, 2.75) is 32.5 Å². The van der Waals surface area contributed by atoms with Crippen LogP contribution in [0.3, 0.4) is 0 Å². The largest absolute Gasteiger partial charge is 0.383 e. The number of benzene rings is 1. The molecule has 0 unspecified atom stereocenters. The number of Topliss-reactive ketones (excluding diaryl/α,β-unsaturated/α-hetero) is 1. The maximum absolute atomic E-state index is 13.1. The maximum atomic E-state index is 13.1. The number of morpholine rings is 1. The van der Waals surface area contributed by atoms with Crippen LogP contribution in [-0.4, -0.2) is 70.9 Å². The average Bonchev–Trinajstić information content (AvgIpc) is 3.37. The van der Waals surface area contributed by atoms with Crippen LogP contribution in [0.1, 0.15) is 27.3 Å². The molecule has 176 valence electrons. The molecule has 1 fully saturated rings. The van der Waals surface area contributed by atoms with Gasteiger partial charge in [0.05, 0.1) is 31.3 Å². The van der Waals surface area contributed by atoms with Gasteiger partial charge < -0.3 is 18.9 Å². The summed E-state index contributed by atoms with van der Waals surface area (Å²) in [4.78, 5) is 15.3. The predicted molar refractivity (Wildman–Crippen MR) is 130 cm³/mol. The zero-order chi connectivity index (χ0) is 23.4. The number of anilines is 1. The van der Waals surface area contributed by atoms with Gasteiger partial charge in [0.1, 0.15) is 0 Å². The molecule has 2 aromatic heterocycles. The van der Waals surface area contributed by atoms with E-state index in [1.54, 1.807) is 7.11 Å². The number of nitrogens with zero attached hydrogens (tertiary/aromatic N) is 5. The van der Waals surface area contributed by atoms with Crippen molar-refractivity contribution in [3.8, 4) is 5.69 Å². The third-order valence-corrected chi connectivity index (χ3v) is 6.82. The van der Waals surface area contributed by atoms with Crippen LogP contribution in [0.4, 0.5) is 5.95 Å². The van der Waals surface area contributed by atoms with Gasteiger partial charge in [-0.2, -0.15) is 0 Å². The van der Waals surface area contributed by atoms with Gasteiger partial charge in [-0.25, -0.2) is 0 Å². The van der Waals surface area contributed by atoms with Gasteiger partial charge in [0.25, 0.3) is 0 Å². The van der Waals surface area contributed by atoms with Crippen molar-refractivity contribution in [2.75, 3.05) is 50.7 Å². The highest BCUT2D eigenvalue weighted by Crippen LogP contribution is 2.28. The highest BCUT2D eigenvalue weighted by atomic mass is 32.2. The molecule has 8 nitrogen and oxygen atoms in total. The van der Waals surface area contributed by atoms with E-state index in [1.807, 2.05) is 26.0 Å². The SMILES string of the molecule is COCCn1c(C)cc(C(=O)CSc2nnc(N3CCOCC3)n2-c2cccc(C)c2)c1C. The minimum atomic E-state index is 0.0866. The Morgan fingerprint density at radius 1 is 1.15 bits per heavy atom. The molecule has 1 aliphatic heterocycles. The van der Waals surface area contributed by atoms with Gasteiger partial charge in [-0.1, -0.05) is 23.9 Å². The first-order valence-electron chi connectivity index (χ1n) is 11.2. The number of aryl methyl sites for hydroxylation is 2. The van der Waals surface area contributed by atoms with Crippen molar-refractivity contribution in [1.82, 2.24) is 19.3 Å². The monoisotopic (exact) mass is 469 g/mol. The van der Waals surface area contributed by atoms with Crippen LogP contribution >= 0.6 is 11.8 Å². The Balaban J connectivity index is 1.58. The second kappa shape index (κ2) is 10.5. The number of aromatic nitrogens is 4. The molecular weight excluding hydrogens is 438 g/mol. The Hall–Kier alpha value is -2.62. The van der Waals surface area contributed by atoms with Crippen LogP contribution in [0, 0.1) is 20.8 Å². The topological polar surface area (TPSA) is 74.4 Å². The highest BCUT2D eigenvalue weighted by molar-refractivity contribution is 7.99. The minimum Gasteiger partial charge on any atom is -0.383 e. The smallest absolute Gasteiger partial charge is 0.232 e. The van der Waals surface area contributed by atoms with Gasteiger partial charge in [-0.3, -0.25) is 9.36 Å². The predicted octanol–water partition coefficient (Wildman–Crippen LogP) is 3.45. The van der Waals surface area contributed by atoms with E-state index in [1.165, 1.54) is 11.8 Å². The molecule has 33 heavy (non-hydrogen) atoms. The average molecular weight is 470 g/mol. The fraction of sp³-hybridized carbons (Fsp3) is 0.458. The first-order chi connectivity index (χ1) is 16.0. The van der Waals surface area contributed by atoms with E-state index in [-0.39, 0.29) is 5.78 Å². The molecule has 0 N–H and O–H groups in total. The molecule has 0 bridgehead atoms. The van der Waals surface area contributed by atoms with Gasteiger partial charge in [0, 0.05) is 43.7 Å². The van der Waals surface area contributed by atoms with Gasteiger partial charge in [-0.15, -0.1) is 10.2 Å². The molecule has 4 rings (SSSR count). The summed E-state index contributed by atoms with van der Waals surface area (Å²) in [6.45, 7) is 10.3. The first-order valence-corrected chi connectivity index (χ1v) is 12.1. The molecule has 0 aliphatic carbocycles. The van der Waals surface area contributed by atoms with Crippen LogP contribution < -0.4 is 4.90 Å². The van der Waals surface area contributed by atoms with Crippen LogP contribution in [0.15, 0.2) is 35.5 Å². The lowest BCUT2D eigenvalue weighted by atomic mass is 10.2. The number of thioether (sulfide) groups is 1. The van der Waals surface area contributed by atoms with Crippen molar-refractivity contribution in [3.05, 3.63) is 52.8 Å². The Kier molecular flexibility index (Phi) is 7.52. The zero-order valence-electron chi connectivity index (χ0n) is 19.7. The van der Waals surface area contributed by atoms with E-state index < -0.39 is 0 Å². The molecule has 1 aromatic carbocycles. The van der Waals surface area contributed by atoms with Gasteiger partial charge >= 0.3 is 0 Å². The van der Waals surface area contributed by atoms with Gasteiger partial charge in [0.2, 0.25) is 5.95 Å². The van der Waals surface area contributed by atoms with E-state index in [2.05, 4.69) is 49.4 Å². The van der Waals surface area contributed by atoms with Crippen molar-refractivity contribution in [2.24, 2.45) is 0 Å². The summed E-state index contributed by atoms with van der Waals surface area (Å²) in [6.07, 6.45) is 0. The lowest BCUT2D eigenvalue weighted by molar-refractivity contribution is 0.102. The number of carbonyl (C=O) groups is 1. The Labute approximate surface area is 198 Å². The van der Waals surface area contributed by atoms with Crippen LogP contribution in [0.25, 0.3) is 5.69 Å². The van der Waals surface area contributed by atoms with Crippen LogP contribution in [0.5, 0.6) is 0 Å². The quantitative estimate of drug-likeness (QED) is 0.351. The van der Waals surface area contributed by atoms with Gasteiger partial charge in [-0.05, 0) is 44.5 Å². The molecular formula is C24H31N5O3S.